The summed E-state index contributed by atoms with van der Waals surface area (Å²) in [4.78, 5) is 28.8. The largest absolute Gasteiger partial charge is 0.368 e. The number of nitrogens with one attached hydrogen (secondary N) is 1. The number of aromatic nitrogens is 2. The van der Waals surface area contributed by atoms with E-state index in [0.717, 1.165) is 10.4 Å². The molecule has 1 fully saturated rings. The van der Waals surface area contributed by atoms with Crippen molar-refractivity contribution in [3.63, 3.8) is 0 Å². The van der Waals surface area contributed by atoms with Crippen LogP contribution in [0.25, 0.3) is 0 Å². The molecule has 0 bridgehead atoms. The predicted octanol–water partition coefficient (Wildman–Crippen LogP) is 2.80. The molecule has 0 spiro atoms. The molecule has 7 nitrogen and oxygen atoms in total. The van der Waals surface area contributed by atoms with Crippen LogP contribution in [-0.2, 0) is 11.3 Å². The minimum absolute atomic E-state index is 0.268. The highest BCUT2D eigenvalue weighted by molar-refractivity contribution is 5.90. The number of anilines is 3. The Morgan fingerprint density at radius 3 is 2.34 bits per heavy atom. The molecule has 1 amide bonds. The van der Waals surface area contributed by atoms with Gasteiger partial charge in [-0.1, -0.05) is 6.07 Å². The Morgan fingerprint density at radius 2 is 1.66 bits per heavy atom. The molecule has 2 heterocycles. The van der Waals surface area contributed by atoms with Crippen LogP contribution in [0.1, 0.15) is 5.56 Å². The van der Waals surface area contributed by atoms with E-state index < -0.39 is 17.3 Å². The third kappa shape index (κ3) is 4.93. The lowest BCUT2D eigenvalue weighted by atomic mass is 10.2. The van der Waals surface area contributed by atoms with Crippen LogP contribution >= 0.6 is 0 Å². The van der Waals surface area contributed by atoms with Gasteiger partial charge in [-0.3, -0.25) is 9.59 Å². The van der Waals surface area contributed by atoms with E-state index in [9.17, 15) is 18.4 Å². The number of carbonyl (C=O) groups excluding carboxylic acids is 1. The van der Waals surface area contributed by atoms with E-state index in [1.54, 1.807) is 37.3 Å². The number of halogens is 2. The number of hydrogen-bond donors (Lipinski definition) is 1. The smallest absolute Gasteiger partial charge is 0.267 e. The standard InChI is InChI=1S/C23H23F2N5O2/c1-16-2-5-18(14-20(16)25)26-22(31)15-30-23(32)9-8-21(27-30)29-12-10-28(11-13-29)19-6-3-17(24)4-7-19/h2-9,14H,10-13,15H2,1H3,(H,26,31). The fourth-order valence-corrected chi connectivity index (χ4v) is 3.57. The van der Waals surface area contributed by atoms with Gasteiger partial charge >= 0.3 is 0 Å². The maximum absolute atomic E-state index is 13.7. The molecule has 1 aliphatic rings. The van der Waals surface area contributed by atoms with Crippen molar-refractivity contribution in [1.29, 1.82) is 0 Å². The van der Waals surface area contributed by atoms with E-state index in [2.05, 4.69) is 15.3 Å². The van der Waals surface area contributed by atoms with E-state index in [-0.39, 0.29) is 12.4 Å². The van der Waals surface area contributed by atoms with Gasteiger partial charge in [0, 0.05) is 43.6 Å². The zero-order chi connectivity index (χ0) is 22.7. The first-order chi connectivity index (χ1) is 15.4. The number of nitrogens with zero attached hydrogens (tertiary/aromatic N) is 4. The molecule has 1 N–H and O–H groups in total. The average Bonchev–Trinajstić information content (AvgIpc) is 2.78. The van der Waals surface area contributed by atoms with Gasteiger partial charge in [-0.2, -0.15) is 5.10 Å². The summed E-state index contributed by atoms with van der Waals surface area (Å²) in [5, 5.41) is 6.93. The number of rotatable bonds is 5. The predicted molar refractivity (Wildman–Crippen MR) is 119 cm³/mol. The van der Waals surface area contributed by atoms with Gasteiger partial charge < -0.3 is 15.1 Å². The Bertz CT molecular complexity index is 1170. The summed E-state index contributed by atoms with van der Waals surface area (Å²) >= 11 is 0. The summed E-state index contributed by atoms with van der Waals surface area (Å²) in [6, 6.07) is 13.8. The molecule has 166 valence electrons. The van der Waals surface area contributed by atoms with Gasteiger partial charge in [0.2, 0.25) is 5.91 Å². The van der Waals surface area contributed by atoms with Crippen LogP contribution in [0.2, 0.25) is 0 Å². The van der Waals surface area contributed by atoms with Crippen LogP contribution < -0.4 is 20.7 Å². The van der Waals surface area contributed by atoms with Crippen molar-refractivity contribution in [2.45, 2.75) is 13.5 Å². The second-order valence-corrected chi connectivity index (χ2v) is 7.65. The minimum Gasteiger partial charge on any atom is -0.368 e. The van der Waals surface area contributed by atoms with Crippen molar-refractivity contribution < 1.29 is 13.6 Å². The summed E-state index contributed by atoms with van der Waals surface area (Å²) < 4.78 is 27.9. The van der Waals surface area contributed by atoms with Crippen LogP contribution in [0.4, 0.5) is 26.0 Å². The fraction of sp³-hybridized carbons (Fsp3) is 0.261. The van der Waals surface area contributed by atoms with E-state index in [4.69, 9.17) is 0 Å². The molecule has 0 aliphatic carbocycles. The minimum atomic E-state index is -0.471. The van der Waals surface area contributed by atoms with E-state index in [1.165, 1.54) is 24.3 Å². The van der Waals surface area contributed by atoms with Gasteiger partial charge in [-0.15, -0.1) is 0 Å². The molecule has 0 saturated carbocycles. The van der Waals surface area contributed by atoms with Crippen molar-refractivity contribution in [3.05, 3.63) is 82.1 Å². The first-order valence-corrected chi connectivity index (χ1v) is 10.3. The molecule has 4 rings (SSSR count). The summed E-state index contributed by atoms with van der Waals surface area (Å²) in [6.07, 6.45) is 0. The Hall–Kier alpha value is -3.75. The topological polar surface area (TPSA) is 70.5 Å². The quantitative estimate of drug-likeness (QED) is 0.662. The lowest BCUT2D eigenvalue weighted by Crippen LogP contribution is -2.47. The van der Waals surface area contributed by atoms with Gasteiger partial charge in [0.15, 0.2) is 0 Å². The van der Waals surface area contributed by atoms with Crippen LogP contribution in [0.3, 0.4) is 0 Å². The zero-order valence-electron chi connectivity index (χ0n) is 17.6. The molecule has 0 radical (unpaired) electrons. The van der Waals surface area contributed by atoms with Crippen molar-refractivity contribution >= 4 is 23.1 Å². The molecule has 1 aliphatic heterocycles. The van der Waals surface area contributed by atoms with Crippen molar-refractivity contribution in [2.75, 3.05) is 41.3 Å². The first kappa shape index (κ1) is 21.5. The van der Waals surface area contributed by atoms with Crippen LogP contribution in [0, 0.1) is 18.6 Å². The second-order valence-electron chi connectivity index (χ2n) is 7.65. The van der Waals surface area contributed by atoms with Gasteiger partial charge in [0.1, 0.15) is 24.0 Å². The van der Waals surface area contributed by atoms with Crippen molar-refractivity contribution in [1.82, 2.24) is 9.78 Å². The number of piperazine rings is 1. The Kier molecular flexibility index (Phi) is 6.16. The molecule has 0 atom stereocenters. The van der Waals surface area contributed by atoms with E-state index >= 15 is 0 Å². The molecule has 9 heteroatoms. The number of amides is 1. The molecule has 1 saturated heterocycles. The van der Waals surface area contributed by atoms with Crippen LogP contribution in [0.5, 0.6) is 0 Å². The Balaban J connectivity index is 1.40. The summed E-state index contributed by atoms with van der Waals surface area (Å²) in [7, 11) is 0. The lowest BCUT2D eigenvalue weighted by Gasteiger charge is -2.36. The fourth-order valence-electron chi connectivity index (χ4n) is 3.57. The SMILES string of the molecule is Cc1ccc(NC(=O)Cn2nc(N3CCN(c4ccc(F)cc4)CC3)ccc2=O)cc1F. The van der Waals surface area contributed by atoms with Gasteiger partial charge in [0.05, 0.1) is 0 Å². The molecular formula is C23H23F2N5O2. The molecular weight excluding hydrogens is 416 g/mol. The van der Waals surface area contributed by atoms with E-state index in [1.807, 2.05) is 4.90 Å². The summed E-state index contributed by atoms with van der Waals surface area (Å²) in [6.45, 7) is 4.11. The monoisotopic (exact) mass is 439 g/mol. The molecule has 3 aromatic rings. The third-order valence-corrected chi connectivity index (χ3v) is 5.40. The molecule has 1 aromatic heterocycles. The lowest BCUT2D eigenvalue weighted by molar-refractivity contribution is -0.117. The van der Waals surface area contributed by atoms with Crippen molar-refractivity contribution in [3.8, 4) is 0 Å². The second kappa shape index (κ2) is 9.17. The number of aryl methyl sites for hydroxylation is 1. The third-order valence-electron chi connectivity index (χ3n) is 5.40. The summed E-state index contributed by atoms with van der Waals surface area (Å²) in [5.41, 5.74) is 1.35. The maximum atomic E-state index is 13.7. The number of benzene rings is 2. The highest BCUT2D eigenvalue weighted by Crippen LogP contribution is 2.19. The first-order valence-electron chi connectivity index (χ1n) is 10.3. The Morgan fingerprint density at radius 1 is 0.969 bits per heavy atom. The Labute approximate surface area is 183 Å². The highest BCUT2D eigenvalue weighted by atomic mass is 19.1. The highest BCUT2D eigenvalue weighted by Gasteiger charge is 2.19. The van der Waals surface area contributed by atoms with Crippen LogP contribution in [-0.4, -0.2) is 41.9 Å². The van der Waals surface area contributed by atoms with E-state index in [0.29, 0.717) is 43.2 Å². The zero-order valence-corrected chi connectivity index (χ0v) is 17.6. The normalized spacial score (nSPS) is 13.8. The average molecular weight is 439 g/mol. The van der Waals surface area contributed by atoms with Crippen molar-refractivity contribution in [2.24, 2.45) is 0 Å². The van der Waals surface area contributed by atoms with Gasteiger partial charge in [0.25, 0.3) is 5.56 Å². The molecule has 2 aromatic carbocycles. The number of hydrogen-bond acceptors (Lipinski definition) is 5. The molecule has 32 heavy (non-hydrogen) atoms. The number of carbonyl (C=O) groups is 1. The van der Waals surface area contributed by atoms with Crippen LogP contribution in [0.15, 0.2) is 59.4 Å². The van der Waals surface area contributed by atoms with Gasteiger partial charge in [-0.05, 0) is 55.0 Å². The maximum Gasteiger partial charge on any atom is 0.267 e. The molecule has 0 unspecified atom stereocenters. The van der Waals surface area contributed by atoms with Gasteiger partial charge in [-0.25, -0.2) is 13.5 Å². The summed E-state index contributed by atoms with van der Waals surface area (Å²) in [5.74, 6) is -0.561.